The first-order valence-electron chi connectivity index (χ1n) is 8.54. The number of benzene rings is 1. The molecule has 0 unspecified atom stereocenters. The number of amides is 1. The fraction of sp³-hybridized carbons (Fsp3) is 0.444. The second kappa shape index (κ2) is 5.29. The van der Waals surface area contributed by atoms with Crippen molar-refractivity contribution < 1.29 is 9.53 Å². The standard InChI is InChI=1S/C18H19N3O2S/c22-17-16-8-13-12-5-1-2-6-14(12)19-15(13)10-20(16)18(24)21(17)9-11-4-3-7-23-11/h1-2,5-6,11,16,19H,3-4,7-10H2/t11-,16+/m0/s1. The number of aromatic amines is 1. The van der Waals surface area contributed by atoms with Crippen molar-refractivity contribution in [1.82, 2.24) is 14.8 Å². The minimum atomic E-state index is -0.161. The molecule has 2 saturated heterocycles. The maximum absolute atomic E-state index is 12.9. The van der Waals surface area contributed by atoms with Crippen LogP contribution in [-0.2, 0) is 22.5 Å². The number of nitrogens with zero attached hydrogens (tertiary/aromatic N) is 2. The first-order chi connectivity index (χ1) is 11.7. The molecule has 1 aromatic heterocycles. The van der Waals surface area contributed by atoms with Crippen molar-refractivity contribution in [3.8, 4) is 0 Å². The van der Waals surface area contributed by atoms with Crippen LogP contribution in [0, 0.1) is 0 Å². The summed E-state index contributed by atoms with van der Waals surface area (Å²) in [5.74, 6) is 0.131. The number of carbonyl (C=O) groups is 1. The minimum absolute atomic E-state index is 0.131. The third-order valence-electron chi connectivity index (χ3n) is 5.44. The van der Waals surface area contributed by atoms with Crippen molar-refractivity contribution in [2.24, 2.45) is 0 Å². The number of H-pyrrole nitrogens is 1. The maximum Gasteiger partial charge on any atom is 0.251 e. The summed E-state index contributed by atoms with van der Waals surface area (Å²) in [7, 11) is 0. The third kappa shape index (κ3) is 2.03. The second-order valence-corrected chi connectivity index (χ2v) is 7.21. The lowest BCUT2D eigenvalue weighted by Gasteiger charge is -2.28. The molecule has 0 radical (unpaired) electrons. The average Bonchev–Trinajstić information content (AvgIpc) is 3.28. The van der Waals surface area contributed by atoms with Gasteiger partial charge < -0.3 is 14.6 Å². The van der Waals surface area contributed by atoms with Crippen molar-refractivity contribution in [2.75, 3.05) is 13.2 Å². The zero-order chi connectivity index (χ0) is 16.3. The summed E-state index contributed by atoms with van der Waals surface area (Å²) in [6.07, 6.45) is 2.94. The Morgan fingerprint density at radius 1 is 1.33 bits per heavy atom. The van der Waals surface area contributed by atoms with Gasteiger partial charge in [0.05, 0.1) is 19.2 Å². The topological polar surface area (TPSA) is 48.6 Å². The van der Waals surface area contributed by atoms with E-state index in [2.05, 4.69) is 22.0 Å². The van der Waals surface area contributed by atoms with Crippen molar-refractivity contribution in [2.45, 2.75) is 38.0 Å². The maximum atomic E-state index is 12.9. The highest BCUT2D eigenvalue weighted by Gasteiger charge is 2.46. The molecule has 124 valence electrons. The molecular weight excluding hydrogens is 322 g/mol. The zero-order valence-electron chi connectivity index (χ0n) is 13.3. The van der Waals surface area contributed by atoms with Crippen LogP contribution in [0.3, 0.4) is 0 Å². The molecule has 6 heteroatoms. The summed E-state index contributed by atoms with van der Waals surface area (Å²) < 4.78 is 5.69. The highest BCUT2D eigenvalue weighted by atomic mass is 32.1. The molecule has 0 spiro atoms. The third-order valence-corrected chi connectivity index (χ3v) is 5.90. The Balaban J connectivity index is 1.46. The van der Waals surface area contributed by atoms with E-state index in [1.54, 1.807) is 4.90 Å². The van der Waals surface area contributed by atoms with Gasteiger partial charge in [0.1, 0.15) is 6.04 Å². The zero-order valence-corrected chi connectivity index (χ0v) is 14.1. The van der Waals surface area contributed by atoms with Crippen molar-refractivity contribution >= 4 is 34.1 Å². The van der Waals surface area contributed by atoms with E-state index < -0.39 is 0 Å². The normalized spacial score (nSPS) is 26.3. The second-order valence-electron chi connectivity index (χ2n) is 6.84. The fourth-order valence-corrected chi connectivity index (χ4v) is 4.58. The smallest absolute Gasteiger partial charge is 0.251 e. The highest BCUT2D eigenvalue weighted by molar-refractivity contribution is 7.80. The van der Waals surface area contributed by atoms with Gasteiger partial charge in [-0.3, -0.25) is 9.69 Å². The number of carbonyl (C=O) groups excluding carboxylic acids is 1. The number of nitrogens with one attached hydrogen (secondary N) is 1. The van der Waals surface area contributed by atoms with Gasteiger partial charge in [0, 0.05) is 29.6 Å². The number of rotatable bonds is 2. The lowest BCUT2D eigenvalue weighted by atomic mass is 9.97. The van der Waals surface area contributed by atoms with Crippen LogP contribution < -0.4 is 0 Å². The van der Waals surface area contributed by atoms with Gasteiger partial charge in [-0.15, -0.1) is 0 Å². The lowest BCUT2D eigenvalue weighted by Crippen LogP contribution is -2.39. The first-order valence-corrected chi connectivity index (χ1v) is 8.95. The summed E-state index contributed by atoms with van der Waals surface area (Å²) in [5.41, 5.74) is 3.58. The molecule has 24 heavy (non-hydrogen) atoms. The van der Waals surface area contributed by atoms with Crippen LogP contribution in [0.1, 0.15) is 24.1 Å². The number of ether oxygens (including phenoxy) is 1. The largest absolute Gasteiger partial charge is 0.376 e. The molecule has 1 amide bonds. The molecule has 2 fully saturated rings. The van der Waals surface area contributed by atoms with Crippen LogP contribution in [0.4, 0.5) is 0 Å². The summed E-state index contributed by atoms with van der Waals surface area (Å²) in [6.45, 7) is 2.07. The van der Waals surface area contributed by atoms with E-state index in [4.69, 9.17) is 17.0 Å². The van der Waals surface area contributed by atoms with Gasteiger partial charge in [-0.2, -0.15) is 0 Å². The summed E-state index contributed by atoms with van der Waals surface area (Å²) >= 11 is 5.62. The van der Waals surface area contributed by atoms with E-state index in [9.17, 15) is 4.79 Å². The van der Waals surface area contributed by atoms with Gasteiger partial charge in [-0.05, 0) is 36.7 Å². The molecule has 2 aromatic rings. The molecule has 3 aliphatic rings. The van der Waals surface area contributed by atoms with Gasteiger partial charge in [0.2, 0.25) is 0 Å². The SMILES string of the molecule is O=C1[C@H]2Cc3c([nH]c4ccccc34)CN2C(=S)N1C[C@@H]1CCCO1. The predicted molar refractivity (Wildman–Crippen MR) is 94.6 cm³/mol. The van der Waals surface area contributed by atoms with E-state index in [0.717, 1.165) is 31.4 Å². The van der Waals surface area contributed by atoms with Crippen molar-refractivity contribution in [3.63, 3.8) is 0 Å². The fourth-order valence-electron chi connectivity index (χ4n) is 4.22. The van der Waals surface area contributed by atoms with Crippen LogP contribution in [-0.4, -0.2) is 51.1 Å². The molecule has 4 heterocycles. The number of para-hydroxylation sites is 1. The van der Waals surface area contributed by atoms with Crippen LogP contribution in [0.15, 0.2) is 24.3 Å². The minimum Gasteiger partial charge on any atom is -0.376 e. The summed E-state index contributed by atoms with van der Waals surface area (Å²) in [5, 5.41) is 1.88. The lowest BCUT2D eigenvalue weighted by molar-refractivity contribution is -0.129. The Hall–Kier alpha value is -1.92. The van der Waals surface area contributed by atoms with Gasteiger partial charge in [0.25, 0.3) is 5.91 Å². The Bertz CT molecular complexity index is 840. The molecule has 0 aliphatic carbocycles. The number of thiocarbonyl (C=S) groups is 1. The monoisotopic (exact) mass is 341 g/mol. The number of fused-ring (bicyclic) bond motifs is 4. The highest BCUT2D eigenvalue weighted by Crippen LogP contribution is 2.34. The summed E-state index contributed by atoms with van der Waals surface area (Å²) in [4.78, 5) is 20.3. The Labute approximate surface area is 145 Å². The first kappa shape index (κ1) is 14.4. The molecular formula is C18H19N3O2S. The number of hydrogen-bond acceptors (Lipinski definition) is 3. The van der Waals surface area contributed by atoms with Crippen LogP contribution in [0.5, 0.6) is 0 Å². The average molecular weight is 341 g/mol. The van der Waals surface area contributed by atoms with Crippen LogP contribution >= 0.6 is 12.2 Å². The summed E-state index contributed by atoms with van der Waals surface area (Å²) in [6, 6.07) is 8.13. The van der Waals surface area contributed by atoms with Crippen LogP contribution in [0.25, 0.3) is 10.9 Å². The number of hydrogen-bond donors (Lipinski definition) is 1. The Kier molecular flexibility index (Phi) is 3.18. The van der Waals surface area contributed by atoms with E-state index >= 15 is 0 Å². The molecule has 1 N–H and O–H groups in total. The van der Waals surface area contributed by atoms with Gasteiger partial charge in [0.15, 0.2) is 5.11 Å². The molecule has 3 aliphatic heterocycles. The molecule has 2 atom stereocenters. The van der Waals surface area contributed by atoms with Gasteiger partial charge >= 0.3 is 0 Å². The van der Waals surface area contributed by atoms with E-state index in [0.29, 0.717) is 18.2 Å². The molecule has 5 rings (SSSR count). The molecule has 0 saturated carbocycles. The van der Waals surface area contributed by atoms with Crippen LogP contribution in [0.2, 0.25) is 0 Å². The number of aromatic nitrogens is 1. The molecule has 0 bridgehead atoms. The van der Waals surface area contributed by atoms with Gasteiger partial charge in [-0.25, -0.2) is 0 Å². The van der Waals surface area contributed by atoms with E-state index in [1.807, 2.05) is 12.1 Å². The van der Waals surface area contributed by atoms with Crippen molar-refractivity contribution in [1.29, 1.82) is 0 Å². The predicted octanol–water partition coefficient (Wildman–Crippen LogP) is 2.20. The Morgan fingerprint density at radius 3 is 3.04 bits per heavy atom. The molecule has 1 aromatic carbocycles. The molecule has 5 nitrogen and oxygen atoms in total. The Morgan fingerprint density at radius 2 is 2.21 bits per heavy atom. The van der Waals surface area contributed by atoms with Gasteiger partial charge in [-0.1, -0.05) is 18.2 Å². The quantitative estimate of drug-likeness (QED) is 0.851. The van der Waals surface area contributed by atoms with Crippen molar-refractivity contribution in [3.05, 3.63) is 35.5 Å². The van der Waals surface area contributed by atoms with E-state index in [1.165, 1.54) is 16.6 Å². The van der Waals surface area contributed by atoms with E-state index in [-0.39, 0.29) is 18.1 Å².